The van der Waals surface area contributed by atoms with Crippen molar-refractivity contribution in [2.24, 2.45) is 5.73 Å². The van der Waals surface area contributed by atoms with Crippen LogP contribution in [-0.4, -0.2) is 34.1 Å². The molecule has 0 aliphatic carbocycles. The van der Waals surface area contributed by atoms with Crippen LogP contribution in [0.25, 0.3) is 0 Å². The van der Waals surface area contributed by atoms with E-state index in [0.29, 0.717) is 11.5 Å². The Morgan fingerprint density at radius 2 is 1.95 bits per heavy atom. The summed E-state index contributed by atoms with van der Waals surface area (Å²) in [7, 11) is 0. The molecule has 0 bridgehead atoms. The fourth-order valence-electron chi connectivity index (χ4n) is 2.93. The van der Waals surface area contributed by atoms with Crippen LogP contribution in [0.4, 0.5) is 0 Å². The SMILES string of the molecule is NC(=O)c1ccc(CN2CCC(c3ccn[nH]3)CC2)cc1. The first-order valence-electron chi connectivity index (χ1n) is 7.33. The molecule has 0 radical (unpaired) electrons. The van der Waals surface area contributed by atoms with Gasteiger partial charge in [0.2, 0.25) is 5.91 Å². The van der Waals surface area contributed by atoms with Crippen molar-refractivity contribution in [3.63, 3.8) is 0 Å². The predicted molar refractivity (Wildman–Crippen MR) is 80.8 cm³/mol. The summed E-state index contributed by atoms with van der Waals surface area (Å²) in [6.45, 7) is 3.09. The highest BCUT2D eigenvalue weighted by molar-refractivity contribution is 5.92. The van der Waals surface area contributed by atoms with Crippen molar-refractivity contribution in [3.05, 3.63) is 53.3 Å². The number of H-pyrrole nitrogens is 1. The summed E-state index contributed by atoms with van der Waals surface area (Å²) in [5.74, 6) is 0.225. The number of amides is 1. The zero-order valence-electron chi connectivity index (χ0n) is 12.0. The zero-order chi connectivity index (χ0) is 14.7. The van der Waals surface area contributed by atoms with Crippen LogP contribution < -0.4 is 5.73 Å². The summed E-state index contributed by atoms with van der Waals surface area (Å²) >= 11 is 0. The van der Waals surface area contributed by atoms with E-state index in [9.17, 15) is 4.79 Å². The van der Waals surface area contributed by atoms with Gasteiger partial charge in [-0.2, -0.15) is 5.10 Å². The first kappa shape index (κ1) is 13.8. The summed E-state index contributed by atoms with van der Waals surface area (Å²) < 4.78 is 0. The van der Waals surface area contributed by atoms with Crippen molar-refractivity contribution in [1.29, 1.82) is 0 Å². The Hall–Kier alpha value is -2.14. The van der Waals surface area contributed by atoms with E-state index in [1.165, 1.54) is 11.3 Å². The lowest BCUT2D eigenvalue weighted by atomic mass is 9.93. The number of nitrogens with one attached hydrogen (secondary N) is 1. The molecule has 2 heterocycles. The maximum absolute atomic E-state index is 11.1. The Labute approximate surface area is 124 Å². The molecule has 1 aliphatic heterocycles. The van der Waals surface area contributed by atoms with Crippen molar-refractivity contribution < 1.29 is 4.79 Å². The van der Waals surface area contributed by atoms with Crippen LogP contribution in [0.3, 0.4) is 0 Å². The van der Waals surface area contributed by atoms with Crippen molar-refractivity contribution >= 4 is 5.91 Å². The summed E-state index contributed by atoms with van der Waals surface area (Å²) in [4.78, 5) is 13.5. The summed E-state index contributed by atoms with van der Waals surface area (Å²) in [5.41, 5.74) is 8.29. The fraction of sp³-hybridized carbons (Fsp3) is 0.375. The lowest BCUT2D eigenvalue weighted by Gasteiger charge is -2.31. The topological polar surface area (TPSA) is 75.0 Å². The molecule has 1 aromatic heterocycles. The number of hydrogen-bond donors (Lipinski definition) is 2. The number of aromatic nitrogens is 2. The standard InChI is InChI=1S/C16H20N4O/c17-16(21)14-3-1-12(2-4-14)11-20-9-6-13(7-10-20)15-5-8-18-19-15/h1-5,8,13H,6-7,9-11H2,(H2,17,21)(H,18,19). The minimum absolute atomic E-state index is 0.373. The van der Waals surface area contributed by atoms with Gasteiger partial charge in [-0.25, -0.2) is 0 Å². The lowest BCUT2D eigenvalue weighted by molar-refractivity contribution is 0.100. The quantitative estimate of drug-likeness (QED) is 0.900. The zero-order valence-corrected chi connectivity index (χ0v) is 12.0. The highest BCUT2D eigenvalue weighted by Crippen LogP contribution is 2.26. The third kappa shape index (κ3) is 3.31. The van der Waals surface area contributed by atoms with Crippen LogP contribution in [0.2, 0.25) is 0 Å². The van der Waals surface area contributed by atoms with E-state index in [2.05, 4.69) is 21.2 Å². The number of piperidine rings is 1. The first-order valence-corrected chi connectivity index (χ1v) is 7.33. The van der Waals surface area contributed by atoms with Crippen LogP contribution in [0, 0.1) is 0 Å². The number of carbonyl (C=O) groups is 1. The van der Waals surface area contributed by atoms with E-state index in [-0.39, 0.29) is 5.91 Å². The largest absolute Gasteiger partial charge is 0.366 e. The molecule has 5 nitrogen and oxygen atoms in total. The average Bonchev–Trinajstić information content (AvgIpc) is 3.03. The lowest BCUT2D eigenvalue weighted by Crippen LogP contribution is -2.32. The number of rotatable bonds is 4. The molecule has 1 fully saturated rings. The van der Waals surface area contributed by atoms with Crippen LogP contribution in [-0.2, 0) is 6.54 Å². The second kappa shape index (κ2) is 6.10. The summed E-state index contributed by atoms with van der Waals surface area (Å²) in [5, 5.41) is 7.11. The van der Waals surface area contributed by atoms with E-state index >= 15 is 0 Å². The van der Waals surface area contributed by atoms with Crippen molar-refractivity contribution in [2.75, 3.05) is 13.1 Å². The second-order valence-corrected chi connectivity index (χ2v) is 5.62. The van der Waals surface area contributed by atoms with Gasteiger partial charge in [0.15, 0.2) is 0 Å². The Kier molecular flexibility index (Phi) is 4.01. The van der Waals surface area contributed by atoms with Gasteiger partial charge >= 0.3 is 0 Å². The monoisotopic (exact) mass is 284 g/mol. The summed E-state index contributed by atoms with van der Waals surface area (Å²) in [6, 6.07) is 9.65. The third-order valence-corrected chi connectivity index (χ3v) is 4.19. The maximum Gasteiger partial charge on any atom is 0.248 e. The molecule has 1 aliphatic rings. The number of primary amides is 1. The van der Waals surface area contributed by atoms with Gasteiger partial charge in [-0.05, 0) is 49.7 Å². The van der Waals surface area contributed by atoms with Crippen LogP contribution >= 0.6 is 0 Å². The molecule has 5 heteroatoms. The Morgan fingerprint density at radius 3 is 2.52 bits per heavy atom. The van der Waals surface area contributed by atoms with Crippen LogP contribution in [0.5, 0.6) is 0 Å². The van der Waals surface area contributed by atoms with Gasteiger partial charge in [0.05, 0.1) is 0 Å². The molecule has 0 spiro atoms. The van der Waals surface area contributed by atoms with Gasteiger partial charge in [-0.3, -0.25) is 14.8 Å². The second-order valence-electron chi connectivity index (χ2n) is 5.62. The summed E-state index contributed by atoms with van der Waals surface area (Å²) in [6.07, 6.45) is 4.13. The average molecular weight is 284 g/mol. The Morgan fingerprint density at radius 1 is 1.24 bits per heavy atom. The molecule has 2 aromatic rings. The predicted octanol–water partition coefficient (Wildman–Crippen LogP) is 1.89. The molecule has 1 saturated heterocycles. The number of carbonyl (C=O) groups excluding carboxylic acids is 1. The van der Waals surface area contributed by atoms with Gasteiger partial charge in [0.25, 0.3) is 0 Å². The normalized spacial score (nSPS) is 17.0. The fourth-order valence-corrected chi connectivity index (χ4v) is 2.93. The number of benzene rings is 1. The van der Waals surface area contributed by atoms with E-state index in [1.807, 2.05) is 18.3 Å². The molecule has 3 N–H and O–H groups in total. The first-order chi connectivity index (χ1) is 10.2. The highest BCUT2D eigenvalue weighted by Gasteiger charge is 2.21. The van der Waals surface area contributed by atoms with Crippen LogP contribution in [0.15, 0.2) is 36.5 Å². The number of likely N-dealkylation sites (tertiary alicyclic amines) is 1. The molecule has 1 aromatic carbocycles. The molecule has 0 unspecified atom stereocenters. The maximum atomic E-state index is 11.1. The van der Waals surface area contributed by atoms with Gasteiger partial charge < -0.3 is 5.73 Å². The van der Waals surface area contributed by atoms with E-state index in [1.54, 1.807) is 12.1 Å². The van der Waals surface area contributed by atoms with Crippen molar-refractivity contribution in [2.45, 2.75) is 25.3 Å². The molecule has 1 amide bonds. The van der Waals surface area contributed by atoms with E-state index in [4.69, 9.17) is 5.73 Å². The Bertz CT molecular complexity index is 583. The van der Waals surface area contributed by atoms with E-state index in [0.717, 1.165) is 32.5 Å². The van der Waals surface area contributed by atoms with Gasteiger partial charge in [-0.15, -0.1) is 0 Å². The molecule has 110 valence electrons. The smallest absolute Gasteiger partial charge is 0.248 e. The number of hydrogen-bond acceptors (Lipinski definition) is 3. The molecule has 0 atom stereocenters. The van der Waals surface area contributed by atoms with Gasteiger partial charge in [0.1, 0.15) is 0 Å². The number of nitrogens with zero attached hydrogens (tertiary/aromatic N) is 2. The van der Waals surface area contributed by atoms with Crippen LogP contribution in [0.1, 0.15) is 40.4 Å². The molecular formula is C16H20N4O. The minimum atomic E-state index is -0.373. The Balaban J connectivity index is 1.54. The van der Waals surface area contributed by atoms with Crippen molar-refractivity contribution in [1.82, 2.24) is 15.1 Å². The minimum Gasteiger partial charge on any atom is -0.366 e. The molecule has 0 saturated carbocycles. The number of nitrogens with two attached hydrogens (primary N) is 1. The number of aromatic amines is 1. The van der Waals surface area contributed by atoms with E-state index < -0.39 is 0 Å². The third-order valence-electron chi connectivity index (χ3n) is 4.19. The van der Waals surface area contributed by atoms with Gasteiger partial charge in [-0.1, -0.05) is 12.1 Å². The highest BCUT2D eigenvalue weighted by atomic mass is 16.1. The van der Waals surface area contributed by atoms with Crippen molar-refractivity contribution in [3.8, 4) is 0 Å². The molecule has 3 rings (SSSR count). The molecular weight excluding hydrogens is 264 g/mol. The molecule has 21 heavy (non-hydrogen) atoms. The van der Waals surface area contributed by atoms with Gasteiger partial charge in [0, 0.05) is 29.9 Å².